The van der Waals surface area contributed by atoms with Gasteiger partial charge in [-0.1, -0.05) is 59.3 Å². The predicted octanol–water partition coefficient (Wildman–Crippen LogP) is 2.38. The van der Waals surface area contributed by atoms with Gasteiger partial charge in [0, 0.05) is 51.0 Å². The highest BCUT2D eigenvalue weighted by atomic mass is 16.2. The third kappa shape index (κ3) is 11.6. The molecule has 4 N–H and O–H groups in total. The quantitative estimate of drug-likeness (QED) is 0.271. The van der Waals surface area contributed by atoms with Crippen LogP contribution in [0.25, 0.3) is 0 Å². The first-order chi connectivity index (χ1) is 21.4. The van der Waals surface area contributed by atoms with E-state index < -0.39 is 23.5 Å². The molecule has 3 aliphatic rings. The van der Waals surface area contributed by atoms with Crippen molar-refractivity contribution in [1.29, 1.82) is 0 Å². The molecule has 0 aromatic carbocycles. The van der Waals surface area contributed by atoms with Crippen molar-refractivity contribution in [3.8, 4) is 0 Å². The lowest BCUT2D eigenvalue weighted by Gasteiger charge is -2.33. The van der Waals surface area contributed by atoms with Gasteiger partial charge in [-0.25, -0.2) is 0 Å². The summed E-state index contributed by atoms with van der Waals surface area (Å²) in [5.41, 5.74) is -1.25. The maximum absolute atomic E-state index is 14.0. The molecule has 3 fully saturated rings. The van der Waals surface area contributed by atoms with Gasteiger partial charge in [0.05, 0.1) is 5.54 Å². The van der Waals surface area contributed by atoms with Crippen molar-refractivity contribution in [2.75, 3.05) is 46.3 Å². The minimum absolute atomic E-state index is 0.0501. The first kappa shape index (κ1) is 36.9. The fourth-order valence-corrected chi connectivity index (χ4v) is 6.72. The normalized spacial score (nSPS) is 29.1. The van der Waals surface area contributed by atoms with Gasteiger partial charge in [0.1, 0.15) is 12.1 Å². The lowest BCUT2D eigenvalue weighted by molar-refractivity contribution is -0.137. The second kappa shape index (κ2) is 18.0. The van der Waals surface area contributed by atoms with E-state index in [2.05, 4.69) is 38.1 Å². The van der Waals surface area contributed by atoms with Crippen LogP contribution < -0.4 is 21.3 Å². The SMILES string of the molecule is CC[C@@H]1NC(=O)[C@H](CCCCN2CCN(C)CC2)CC(=O)[C@](C)(NC(=O)C(C)C)CCNC(=O)[C@@H](CC2CCCCC2)NC1=O. The van der Waals surface area contributed by atoms with Crippen molar-refractivity contribution in [2.24, 2.45) is 17.8 Å². The molecular weight excluding hydrogens is 572 g/mol. The van der Waals surface area contributed by atoms with Gasteiger partial charge >= 0.3 is 0 Å². The lowest BCUT2D eigenvalue weighted by Crippen LogP contribution is -2.58. The van der Waals surface area contributed by atoms with Crippen molar-refractivity contribution in [1.82, 2.24) is 31.1 Å². The minimum atomic E-state index is -1.25. The molecule has 11 nitrogen and oxygen atoms in total. The second-order valence-electron chi connectivity index (χ2n) is 14.3. The molecule has 4 amide bonds. The molecule has 0 aromatic rings. The fourth-order valence-electron chi connectivity index (χ4n) is 6.72. The Bertz CT molecular complexity index is 1010. The average molecular weight is 633 g/mol. The van der Waals surface area contributed by atoms with Crippen LogP contribution in [0.15, 0.2) is 0 Å². The molecule has 256 valence electrons. The maximum Gasteiger partial charge on any atom is 0.243 e. The van der Waals surface area contributed by atoms with E-state index in [1.807, 2.05) is 6.92 Å². The summed E-state index contributed by atoms with van der Waals surface area (Å²) in [7, 11) is 2.13. The molecule has 2 heterocycles. The van der Waals surface area contributed by atoms with Crippen LogP contribution >= 0.6 is 0 Å². The van der Waals surface area contributed by atoms with Crippen LogP contribution in [0.3, 0.4) is 0 Å². The van der Waals surface area contributed by atoms with Crippen molar-refractivity contribution in [2.45, 2.75) is 122 Å². The van der Waals surface area contributed by atoms with Gasteiger partial charge < -0.3 is 31.1 Å². The van der Waals surface area contributed by atoms with E-state index in [0.717, 1.165) is 71.2 Å². The monoisotopic (exact) mass is 632 g/mol. The summed E-state index contributed by atoms with van der Waals surface area (Å²) in [4.78, 5) is 72.2. The molecule has 0 radical (unpaired) electrons. The number of carbonyl (C=O) groups is 5. The summed E-state index contributed by atoms with van der Waals surface area (Å²) in [6.07, 6.45) is 8.72. The van der Waals surface area contributed by atoms with Crippen LogP contribution in [-0.2, 0) is 24.0 Å². The number of nitrogens with one attached hydrogen (secondary N) is 4. The third-order valence-corrected chi connectivity index (χ3v) is 10.1. The Morgan fingerprint density at radius 3 is 2.24 bits per heavy atom. The summed E-state index contributed by atoms with van der Waals surface area (Å²) in [5, 5.41) is 11.8. The van der Waals surface area contributed by atoms with E-state index in [1.54, 1.807) is 20.8 Å². The van der Waals surface area contributed by atoms with Gasteiger partial charge in [-0.05, 0) is 58.5 Å². The molecular formula is C34H60N6O5. The number of piperazine rings is 1. The van der Waals surface area contributed by atoms with E-state index in [-0.39, 0.29) is 54.7 Å². The third-order valence-electron chi connectivity index (χ3n) is 10.1. The number of hydrogen-bond donors (Lipinski definition) is 4. The molecule has 2 aliphatic heterocycles. The topological polar surface area (TPSA) is 140 Å². The summed E-state index contributed by atoms with van der Waals surface area (Å²) in [5.74, 6) is -2.09. The summed E-state index contributed by atoms with van der Waals surface area (Å²) in [6, 6.07) is -1.54. The summed E-state index contributed by atoms with van der Waals surface area (Å²) in [6.45, 7) is 12.3. The van der Waals surface area contributed by atoms with Crippen LogP contribution in [-0.4, -0.2) is 103 Å². The number of rotatable bonds is 10. The van der Waals surface area contributed by atoms with Crippen LogP contribution in [0.4, 0.5) is 0 Å². The van der Waals surface area contributed by atoms with Crippen LogP contribution in [0, 0.1) is 17.8 Å². The fraction of sp³-hybridized carbons (Fsp3) is 0.853. The maximum atomic E-state index is 14.0. The Morgan fingerprint density at radius 1 is 0.933 bits per heavy atom. The molecule has 0 bridgehead atoms. The number of ketones is 1. The van der Waals surface area contributed by atoms with E-state index in [4.69, 9.17) is 0 Å². The van der Waals surface area contributed by atoms with Crippen molar-refractivity contribution in [3.05, 3.63) is 0 Å². The lowest BCUT2D eigenvalue weighted by atomic mass is 9.83. The molecule has 0 unspecified atom stereocenters. The highest BCUT2D eigenvalue weighted by Gasteiger charge is 2.39. The van der Waals surface area contributed by atoms with Gasteiger partial charge in [0.25, 0.3) is 0 Å². The van der Waals surface area contributed by atoms with Crippen molar-refractivity contribution >= 4 is 29.4 Å². The number of hydrogen-bond acceptors (Lipinski definition) is 7. The van der Waals surface area contributed by atoms with Crippen LogP contribution in [0.1, 0.15) is 105 Å². The highest BCUT2D eigenvalue weighted by molar-refractivity contribution is 5.97. The summed E-state index contributed by atoms with van der Waals surface area (Å²) < 4.78 is 0. The predicted molar refractivity (Wildman–Crippen MR) is 175 cm³/mol. The van der Waals surface area contributed by atoms with E-state index in [1.165, 1.54) is 6.42 Å². The Labute approximate surface area is 270 Å². The van der Waals surface area contributed by atoms with Gasteiger partial charge in [-0.2, -0.15) is 0 Å². The molecule has 4 atom stereocenters. The molecule has 2 saturated heterocycles. The standard InChI is InChI=1S/C34H60N6O5/c1-6-27-33(45)37-28(22-25-12-8-7-9-13-25)32(44)35-16-15-34(4,38-30(42)24(2)3)29(41)23-26(31(43)36-27)14-10-11-17-40-20-18-39(5)19-21-40/h24-28H,6-23H2,1-5H3,(H,35,44)(H,36,43)(H,37,45)(H,38,42)/t26-,27+,28-,34-/m1/s1. The molecule has 45 heavy (non-hydrogen) atoms. The largest absolute Gasteiger partial charge is 0.354 e. The first-order valence-electron chi connectivity index (χ1n) is 17.6. The van der Waals surface area contributed by atoms with Gasteiger partial charge in [0.2, 0.25) is 23.6 Å². The minimum Gasteiger partial charge on any atom is -0.354 e. The van der Waals surface area contributed by atoms with E-state index >= 15 is 0 Å². The van der Waals surface area contributed by atoms with Crippen molar-refractivity contribution in [3.63, 3.8) is 0 Å². The van der Waals surface area contributed by atoms with Crippen molar-refractivity contribution < 1.29 is 24.0 Å². The smallest absolute Gasteiger partial charge is 0.243 e. The number of carbonyl (C=O) groups excluding carboxylic acids is 5. The van der Waals surface area contributed by atoms with Crippen LogP contribution in [0.5, 0.6) is 0 Å². The van der Waals surface area contributed by atoms with Gasteiger partial charge in [0.15, 0.2) is 5.78 Å². The Morgan fingerprint density at radius 2 is 1.60 bits per heavy atom. The molecule has 0 spiro atoms. The van der Waals surface area contributed by atoms with Gasteiger partial charge in [-0.15, -0.1) is 0 Å². The summed E-state index contributed by atoms with van der Waals surface area (Å²) >= 11 is 0. The Hall–Kier alpha value is -2.53. The van der Waals surface area contributed by atoms with Gasteiger partial charge in [-0.3, -0.25) is 24.0 Å². The number of likely N-dealkylation sites (N-methyl/N-ethyl adjacent to an activating group) is 1. The zero-order chi connectivity index (χ0) is 33.0. The Kier molecular flexibility index (Phi) is 14.8. The zero-order valence-electron chi connectivity index (χ0n) is 28.6. The molecule has 0 aromatic heterocycles. The number of Topliss-reactive ketones (excluding diaryl/α,β-unsaturated/α-hetero) is 1. The molecule has 3 rings (SSSR count). The number of amides is 4. The molecule has 11 heteroatoms. The van der Waals surface area contributed by atoms with E-state index in [9.17, 15) is 24.0 Å². The second-order valence-corrected chi connectivity index (χ2v) is 14.3. The highest BCUT2D eigenvalue weighted by Crippen LogP contribution is 2.28. The van der Waals surface area contributed by atoms with Crippen LogP contribution in [0.2, 0.25) is 0 Å². The zero-order valence-corrected chi connectivity index (χ0v) is 28.6. The number of nitrogens with zero attached hydrogens (tertiary/aromatic N) is 2. The van der Waals surface area contributed by atoms with E-state index in [0.29, 0.717) is 25.2 Å². The Balaban J connectivity index is 1.80. The molecule has 1 saturated carbocycles. The number of unbranched alkanes of at least 4 members (excludes halogenated alkanes) is 1. The first-order valence-corrected chi connectivity index (χ1v) is 17.6. The average Bonchev–Trinajstić information content (AvgIpc) is 3.01. The molecule has 1 aliphatic carbocycles.